The van der Waals surface area contributed by atoms with Gasteiger partial charge in [-0.2, -0.15) is 0 Å². The fraction of sp³-hybridized carbons (Fsp3) is 0.130. The van der Waals surface area contributed by atoms with Gasteiger partial charge in [-0.15, -0.1) is 0 Å². The van der Waals surface area contributed by atoms with Crippen LogP contribution in [0.1, 0.15) is 27.4 Å². The molecule has 0 aliphatic heterocycles. The SMILES string of the molecule is CN(C)S(=O)(=O)c1cccc(C(=O)NNC(=O)C(c2ccccc2)c2ccccc2)c1. The van der Waals surface area contributed by atoms with Crippen LogP contribution in [0.25, 0.3) is 0 Å². The molecule has 0 bridgehead atoms. The third kappa shape index (κ3) is 5.17. The highest BCUT2D eigenvalue weighted by molar-refractivity contribution is 7.89. The number of carbonyl (C=O) groups excluding carboxylic acids is 2. The Balaban J connectivity index is 1.78. The molecule has 0 spiro atoms. The van der Waals surface area contributed by atoms with E-state index >= 15 is 0 Å². The second kappa shape index (κ2) is 9.55. The van der Waals surface area contributed by atoms with E-state index in [1.807, 2.05) is 60.7 Å². The van der Waals surface area contributed by atoms with Crippen molar-refractivity contribution in [2.24, 2.45) is 0 Å². The van der Waals surface area contributed by atoms with Gasteiger partial charge in [-0.3, -0.25) is 20.4 Å². The Morgan fingerprint density at radius 3 is 1.84 bits per heavy atom. The zero-order valence-corrected chi connectivity index (χ0v) is 18.0. The third-order valence-corrected chi connectivity index (χ3v) is 6.51. The van der Waals surface area contributed by atoms with E-state index in [9.17, 15) is 18.0 Å². The molecule has 2 N–H and O–H groups in total. The van der Waals surface area contributed by atoms with E-state index in [0.717, 1.165) is 15.4 Å². The Bertz CT molecular complexity index is 1120. The molecule has 31 heavy (non-hydrogen) atoms. The van der Waals surface area contributed by atoms with Crippen LogP contribution in [0.3, 0.4) is 0 Å². The summed E-state index contributed by atoms with van der Waals surface area (Å²) in [5.41, 5.74) is 6.51. The lowest BCUT2D eigenvalue weighted by atomic mass is 9.91. The molecule has 0 aliphatic rings. The Hall–Kier alpha value is -3.49. The van der Waals surface area contributed by atoms with Crippen molar-refractivity contribution in [3.05, 3.63) is 102 Å². The van der Waals surface area contributed by atoms with E-state index in [1.54, 1.807) is 0 Å². The van der Waals surface area contributed by atoms with Crippen LogP contribution in [0.4, 0.5) is 0 Å². The summed E-state index contributed by atoms with van der Waals surface area (Å²) < 4.78 is 25.7. The average molecular weight is 438 g/mol. The van der Waals surface area contributed by atoms with Crippen LogP contribution in [0.15, 0.2) is 89.8 Å². The van der Waals surface area contributed by atoms with E-state index in [4.69, 9.17) is 0 Å². The molecule has 0 saturated heterocycles. The fourth-order valence-corrected chi connectivity index (χ4v) is 4.01. The van der Waals surface area contributed by atoms with E-state index in [-0.39, 0.29) is 10.5 Å². The number of hydrazine groups is 1. The topological polar surface area (TPSA) is 95.6 Å². The average Bonchev–Trinajstić information content (AvgIpc) is 2.79. The molecular weight excluding hydrogens is 414 g/mol. The number of nitrogens with zero attached hydrogens (tertiary/aromatic N) is 1. The predicted molar refractivity (Wildman–Crippen MR) is 118 cm³/mol. The first-order valence-electron chi connectivity index (χ1n) is 9.53. The Morgan fingerprint density at radius 2 is 1.32 bits per heavy atom. The minimum atomic E-state index is -3.68. The molecule has 8 heteroatoms. The molecule has 7 nitrogen and oxygen atoms in total. The normalized spacial score (nSPS) is 11.4. The maximum atomic E-state index is 13.0. The molecule has 0 fully saturated rings. The molecule has 0 saturated carbocycles. The van der Waals surface area contributed by atoms with Crippen LogP contribution >= 0.6 is 0 Å². The molecule has 3 rings (SSSR count). The molecule has 0 atom stereocenters. The first-order valence-corrected chi connectivity index (χ1v) is 11.0. The number of benzene rings is 3. The third-order valence-electron chi connectivity index (χ3n) is 4.70. The van der Waals surface area contributed by atoms with Gasteiger partial charge in [0.15, 0.2) is 0 Å². The van der Waals surface area contributed by atoms with Gasteiger partial charge in [0.25, 0.3) is 5.91 Å². The molecule has 0 radical (unpaired) electrons. The van der Waals surface area contributed by atoms with Gasteiger partial charge in [0.05, 0.1) is 10.8 Å². The van der Waals surface area contributed by atoms with Crippen molar-refractivity contribution in [2.45, 2.75) is 10.8 Å². The smallest absolute Gasteiger partial charge is 0.269 e. The summed E-state index contributed by atoms with van der Waals surface area (Å²) in [6.07, 6.45) is 0. The summed E-state index contributed by atoms with van der Waals surface area (Å²) in [5, 5.41) is 0. The molecule has 160 valence electrons. The van der Waals surface area contributed by atoms with Crippen molar-refractivity contribution in [2.75, 3.05) is 14.1 Å². The minimum absolute atomic E-state index is 0.0112. The van der Waals surface area contributed by atoms with Crippen LogP contribution in [0, 0.1) is 0 Å². The number of carbonyl (C=O) groups is 2. The standard InChI is InChI=1S/C23H23N3O4S/c1-26(2)31(29,30)20-15-9-14-19(16-20)22(27)24-25-23(28)21(17-10-5-3-6-11-17)18-12-7-4-8-13-18/h3-16,21H,1-2H3,(H,24,27)(H,25,28). The van der Waals surface area contributed by atoms with Crippen molar-refractivity contribution in [1.82, 2.24) is 15.2 Å². The molecule has 0 aliphatic carbocycles. The van der Waals surface area contributed by atoms with Crippen molar-refractivity contribution >= 4 is 21.8 Å². The predicted octanol–water partition coefficient (Wildman–Crippen LogP) is 2.53. The van der Waals surface area contributed by atoms with E-state index in [2.05, 4.69) is 10.9 Å². The lowest BCUT2D eigenvalue weighted by molar-refractivity contribution is -0.122. The van der Waals surface area contributed by atoms with Crippen LogP contribution in [-0.4, -0.2) is 38.6 Å². The van der Waals surface area contributed by atoms with Gasteiger partial charge in [0, 0.05) is 19.7 Å². The van der Waals surface area contributed by atoms with Gasteiger partial charge in [-0.05, 0) is 29.3 Å². The van der Waals surface area contributed by atoms with Gasteiger partial charge in [-0.25, -0.2) is 12.7 Å². The Labute approximate surface area is 181 Å². The number of sulfonamides is 1. The van der Waals surface area contributed by atoms with Crippen LogP contribution < -0.4 is 10.9 Å². The molecule has 3 aromatic carbocycles. The van der Waals surface area contributed by atoms with Crippen molar-refractivity contribution in [3.63, 3.8) is 0 Å². The van der Waals surface area contributed by atoms with Gasteiger partial charge in [0.1, 0.15) is 0 Å². The van der Waals surface area contributed by atoms with E-state index < -0.39 is 27.8 Å². The quantitative estimate of drug-likeness (QED) is 0.580. The van der Waals surface area contributed by atoms with Crippen LogP contribution in [0.5, 0.6) is 0 Å². The number of rotatable bonds is 6. The highest BCUT2D eigenvalue weighted by Gasteiger charge is 2.23. The van der Waals surface area contributed by atoms with Gasteiger partial charge in [0.2, 0.25) is 15.9 Å². The molecular formula is C23H23N3O4S. The fourth-order valence-electron chi connectivity index (χ4n) is 3.06. The summed E-state index contributed by atoms with van der Waals surface area (Å²) in [7, 11) is -0.859. The largest absolute Gasteiger partial charge is 0.272 e. The lowest BCUT2D eigenvalue weighted by Gasteiger charge is -2.18. The molecule has 3 aromatic rings. The van der Waals surface area contributed by atoms with Gasteiger partial charge in [-0.1, -0.05) is 66.7 Å². The highest BCUT2D eigenvalue weighted by atomic mass is 32.2. The number of hydrogen-bond acceptors (Lipinski definition) is 4. The first kappa shape index (κ1) is 22.2. The lowest BCUT2D eigenvalue weighted by Crippen LogP contribution is -2.44. The zero-order valence-electron chi connectivity index (χ0n) is 17.1. The second-order valence-corrected chi connectivity index (χ2v) is 9.16. The number of nitrogens with one attached hydrogen (secondary N) is 2. The summed E-state index contributed by atoms with van der Waals surface area (Å²) >= 11 is 0. The zero-order chi connectivity index (χ0) is 22.4. The Morgan fingerprint density at radius 1 is 0.774 bits per heavy atom. The second-order valence-electron chi connectivity index (χ2n) is 7.01. The van der Waals surface area contributed by atoms with E-state index in [1.165, 1.54) is 38.4 Å². The molecule has 0 unspecified atom stereocenters. The summed E-state index contributed by atoms with van der Waals surface area (Å²) in [6.45, 7) is 0. The maximum absolute atomic E-state index is 13.0. The maximum Gasteiger partial charge on any atom is 0.269 e. The number of amides is 2. The number of hydrogen-bond donors (Lipinski definition) is 2. The van der Waals surface area contributed by atoms with Crippen molar-refractivity contribution < 1.29 is 18.0 Å². The van der Waals surface area contributed by atoms with Gasteiger partial charge >= 0.3 is 0 Å². The molecule has 0 aromatic heterocycles. The molecule has 0 heterocycles. The van der Waals surface area contributed by atoms with Crippen LogP contribution in [0.2, 0.25) is 0 Å². The summed E-state index contributed by atoms with van der Waals surface area (Å²) in [6, 6.07) is 24.1. The molecule has 2 amide bonds. The van der Waals surface area contributed by atoms with Gasteiger partial charge < -0.3 is 0 Å². The summed E-state index contributed by atoms with van der Waals surface area (Å²) in [4.78, 5) is 25.5. The highest BCUT2D eigenvalue weighted by Crippen LogP contribution is 2.24. The first-order chi connectivity index (χ1) is 14.8. The summed E-state index contributed by atoms with van der Waals surface area (Å²) in [5.74, 6) is -1.66. The van der Waals surface area contributed by atoms with Crippen molar-refractivity contribution in [1.29, 1.82) is 0 Å². The van der Waals surface area contributed by atoms with E-state index in [0.29, 0.717) is 0 Å². The minimum Gasteiger partial charge on any atom is -0.272 e. The van der Waals surface area contributed by atoms with Crippen LogP contribution in [-0.2, 0) is 14.8 Å². The monoisotopic (exact) mass is 437 g/mol. The Kier molecular flexibility index (Phi) is 6.84. The van der Waals surface area contributed by atoms with Crippen molar-refractivity contribution in [3.8, 4) is 0 Å².